The van der Waals surface area contributed by atoms with Gasteiger partial charge in [0.15, 0.2) is 0 Å². The molecule has 4 heteroatoms. The van der Waals surface area contributed by atoms with Crippen LogP contribution in [0.15, 0.2) is 28.9 Å². The van der Waals surface area contributed by atoms with Crippen molar-refractivity contribution in [3.05, 3.63) is 41.6 Å². The van der Waals surface area contributed by atoms with E-state index in [1.54, 1.807) is 10.9 Å². The Hall–Kier alpha value is -1.55. The second-order valence-corrected chi connectivity index (χ2v) is 3.16. The van der Waals surface area contributed by atoms with Crippen molar-refractivity contribution >= 4 is 0 Å². The fraction of sp³-hybridized carbons (Fsp3) is 0.300. The predicted octanol–water partition coefficient (Wildman–Crippen LogP) is 1.10. The van der Waals surface area contributed by atoms with Crippen LogP contribution < -0.4 is 0 Å². The number of nitrogens with zero attached hydrogens (tertiary/aromatic N) is 2. The zero-order valence-electron chi connectivity index (χ0n) is 7.97. The van der Waals surface area contributed by atoms with Crippen molar-refractivity contribution in [2.24, 2.45) is 7.05 Å². The molecule has 0 spiro atoms. The van der Waals surface area contributed by atoms with Crippen molar-refractivity contribution in [2.45, 2.75) is 13.0 Å². The topological polar surface area (TPSA) is 51.2 Å². The molecular weight excluding hydrogens is 180 g/mol. The lowest BCUT2D eigenvalue weighted by molar-refractivity contribution is 0.270. The largest absolute Gasteiger partial charge is 0.469 e. The molecule has 0 aliphatic rings. The minimum atomic E-state index is 0.0155. The quantitative estimate of drug-likeness (QED) is 0.792. The number of furan rings is 1. The highest BCUT2D eigenvalue weighted by Crippen LogP contribution is 2.10. The summed E-state index contributed by atoms with van der Waals surface area (Å²) >= 11 is 0. The first-order chi connectivity index (χ1) is 6.79. The molecule has 0 aromatic carbocycles. The van der Waals surface area contributed by atoms with Gasteiger partial charge in [0.05, 0.1) is 24.3 Å². The zero-order chi connectivity index (χ0) is 9.97. The van der Waals surface area contributed by atoms with Crippen molar-refractivity contribution in [3.8, 4) is 0 Å². The van der Waals surface area contributed by atoms with Gasteiger partial charge in [-0.2, -0.15) is 5.10 Å². The first kappa shape index (κ1) is 9.02. The Morgan fingerprint density at radius 3 is 3.00 bits per heavy atom. The Morgan fingerprint density at radius 2 is 2.43 bits per heavy atom. The van der Waals surface area contributed by atoms with Crippen LogP contribution in [0.3, 0.4) is 0 Å². The third-order valence-corrected chi connectivity index (χ3v) is 2.12. The Bertz CT molecular complexity index is 404. The Kier molecular flexibility index (Phi) is 2.37. The minimum absolute atomic E-state index is 0.0155. The lowest BCUT2D eigenvalue weighted by Crippen LogP contribution is -1.97. The van der Waals surface area contributed by atoms with Gasteiger partial charge in [0, 0.05) is 13.5 Å². The van der Waals surface area contributed by atoms with Crippen LogP contribution in [0.2, 0.25) is 0 Å². The van der Waals surface area contributed by atoms with E-state index < -0.39 is 0 Å². The molecule has 0 amide bonds. The monoisotopic (exact) mass is 192 g/mol. The maximum atomic E-state index is 8.97. The van der Waals surface area contributed by atoms with Crippen LogP contribution >= 0.6 is 0 Å². The van der Waals surface area contributed by atoms with E-state index in [-0.39, 0.29) is 6.61 Å². The molecule has 0 saturated heterocycles. The van der Waals surface area contributed by atoms with Gasteiger partial charge in [0.25, 0.3) is 0 Å². The highest BCUT2D eigenvalue weighted by Gasteiger charge is 2.05. The summed E-state index contributed by atoms with van der Waals surface area (Å²) in [4.78, 5) is 0. The Labute approximate surface area is 81.8 Å². The molecule has 0 fully saturated rings. The number of aromatic nitrogens is 2. The van der Waals surface area contributed by atoms with Gasteiger partial charge < -0.3 is 9.52 Å². The van der Waals surface area contributed by atoms with Crippen LogP contribution in [-0.4, -0.2) is 14.9 Å². The van der Waals surface area contributed by atoms with Gasteiger partial charge in [0.2, 0.25) is 0 Å². The van der Waals surface area contributed by atoms with Gasteiger partial charge >= 0.3 is 0 Å². The molecule has 14 heavy (non-hydrogen) atoms. The smallest absolute Gasteiger partial charge is 0.109 e. The number of aliphatic hydroxyl groups excluding tert-OH is 1. The summed E-state index contributed by atoms with van der Waals surface area (Å²) in [5.74, 6) is 0.882. The van der Waals surface area contributed by atoms with Crippen LogP contribution in [-0.2, 0) is 20.1 Å². The van der Waals surface area contributed by atoms with Crippen LogP contribution in [0, 0.1) is 0 Å². The van der Waals surface area contributed by atoms with E-state index in [2.05, 4.69) is 5.10 Å². The van der Waals surface area contributed by atoms with Gasteiger partial charge in [0.1, 0.15) is 5.76 Å². The maximum absolute atomic E-state index is 8.97. The number of aryl methyl sites for hydroxylation is 1. The maximum Gasteiger partial charge on any atom is 0.109 e. The molecule has 4 nitrogen and oxygen atoms in total. The van der Waals surface area contributed by atoms with Gasteiger partial charge in [-0.3, -0.25) is 4.68 Å². The van der Waals surface area contributed by atoms with E-state index in [4.69, 9.17) is 9.52 Å². The summed E-state index contributed by atoms with van der Waals surface area (Å²) in [6.45, 7) is 0.0155. The summed E-state index contributed by atoms with van der Waals surface area (Å²) in [6, 6.07) is 5.64. The number of rotatable bonds is 3. The first-order valence-corrected chi connectivity index (χ1v) is 4.44. The lowest BCUT2D eigenvalue weighted by Gasteiger charge is -1.92. The third-order valence-electron chi connectivity index (χ3n) is 2.12. The predicted molar refractivity (Wildman–Crippen MR) is 50.6 cm³/mol. The van der Waals surface area contributed by atoms with E-state index >= 15 is 0 Å². The van der Waals surface area contributed by atoms with Crippen molar-refractivity contribution < 1.29 is 9.52 Å². The van der Waals surface area contributed by atoms with E-state index in [1.807, 2.05) is 25.2 Å². The van der Waals surface area contributed by atoms with E-state index in [0.29, 0.717) is 6.42 Å². The van der Waals surface area contributed by atoms with Gasteiger partial charge in [-0.15, -0.1) is 0 Å². The summed E-state index contributed by atoms with van der Waals surface area (Å²) in [5.41, 5.74) is 1.72. The summed E-state index contributed by atoms with van der Waals surface area (Å²) in [6.07, 6.45) is 2.31. The van der Waals surface area contributed by atoms with Crippen LogP contribution in [0.4, 0.5) is 0 Å². The molecule has 0 unspecified atom stereocenters. The van der Waals surface area contributed by atoms with E-state index in [9.17, 15) is 0 Å². The lowest BCUT2D eigenvalue weighted by atomic mass is 10.2. The molecule has 74 valence electrons. The highest BCUT2D eigenvalue weighted by molar-refractivity contribution is 5.15. The third kappa shape index (κ3) is 1.70. The number of aliphatic hydroxyl groups is 1. The fourth-order valence-electron chi connectivity index (χ4n) is 1.40. The SMILES string of the molecule is Cn1nc(Cc2ccco2)cc1CO. The van der Waals surface area contributed by atoms with Crippen LogP contribution in [0.1, 0.15) is 17.1 Å². The minimum Gasteiger partial charge on any atom is -0.469 e. The fourth-order valence-corrected chi connectivity index (χ4v) is 1.40. The molecule has 0 radical (unpaired) electrons. The zero-order valence-corrected chi connectivity index (χ0v) is 7.97. The summed E-state index contributed by atoms with van der Waals surface area (Å²) in [7, 11) is 1.82. The summed E-state index contributed by atoms with van der Waals surface area (Å²) in [5, 5.41) is 13.2. The molecule has 2 aromatic rings. The number of hydrogen-bond acceptors (Lipinski definition) is 3. The van der Waals surface area contributed by atoms with Crippen LogP contribution in [0.25, 0.3) is 0 Å². The second kappa shape index (κ2) is 3.67. The van der Waals surface area contributed by atoms with E-state index in [0.717, 1.165) is 17.1 Å². The standard InChI is InChI=1S/C10H12N2O2/c1-12-9(7-13)5-8(11-12)6-10-3-2-4-14-10/h2-5,13H,6-7H2,1H3. The molecule has 0 atom stereocenters. The van der Waals surface area contributed by atoms with Gasteiger partial charge in [-0.1, -0.05) is 0 Å². The highest BCUT2D eigenvalue weighted by atomic mass is 16.3. The molecule has 2 heterocycles. The number of hydrogen-bond donors (Lipinski definition) is 1. The Morgan fingerprint density at radius 1 is 1.57 bits per heavy atom. The Balaban J connectivity index is 2.17. The summed E-state index contributed by atoms with van der Waals surface area (Å²) < 4.78 is 6.89. The molecule has 0 aliphatic carbocycles. The molecule has 0 saturated carbocycles. The molecule has 1 N–H and O–H groups in total. The van der Waals surface area contributed by atoms with Crippen LogP contribution in [0.5, 0.6) is 0 Å². The molecular formula is C10H12N2O2. The van der Waals surface area contributed by atoms with Crippen molar-refractivity contribution in [1.82, 2.24) is 9.78 Å². The molecule has 0 bridgehead atoms. The molecule has 2 rings (SSSR count). The van der Waals surface area contributed by atoms with Crippen molar-refractivity contribution in [3.63, 3.8) is 0 Å². The van der Waals surface area contributed by atoms with Crippen molar-refractivity contribution in [1.29, 1.82) is 0 Å². The van der Waals surface area contributed by atoms with Crippen molar-refractivity contribution in [2.75, 3.05) is 0 Å². The van der Waals surface area contributed by atoms with Gasteiger partial charge in [-0.25, -0.2) is 0 Å². The average molecular weight is 192 g/mol. The van der Waals surface area contributed by atoms with E-state index in [1.165, 1.54) is 0 Å². The molecule has 2 aromatic heterocycles. The van der Waals surface area contributed by atoms with Gasteiger partial charge in [-0.05, 0) is 18.2 Å². The average Bonchev–Trinajstić information content (AvgIpc) is 2.76. The molecule has 0 aliphatic heterocycles. The second-order valence-electron chi connectivity index (χ2n) is 3.16. The first-order valence-electron chi connectivity index (χ1n) is 4.44. The normalized spacial score (nSPS) is 10.7.